The molecule has 2 aromatic rings. The number of halogens is 2. The molecule has 3 rings (SSSR count). The summed E-state index contributed by atoms with van der Waals surface area (Å²) in [7, 11) is 0. The summed E-state index contributed by atoms with van der Waals surface area (Å²) >= 11 is 0. The van der Waals surface area contributed by atoms with Gasteiger partial charge >= 0.3 is 0 Å². The zero-order valence-electron chi connectivity index (χ0n) is 15.9. The van der Waals surface area contributed by atoms with Gasteiger partial charge in [-0.25, -0.2) is 8.78 Å². The summed E-state index contributed by atoms with van der Waals surface area (Å²) in [5.74, 6) is -1.25. The topological polar surface area (TPSA) is 44.7 Å². The number of hydrogen-bond acceptors (Lipinski definition) is 4. The molecule has 0 aromatic heterocycles. The lowest BCUT2D eigenvalue weighted by Crippen LogP contribution is -2.47. The van der Waals surface area contributed by atoms with Crippen LogP contribution in [-0.4, -0.2) is 35.4 Å². The van der Waals surface area contributed by atoms with Crippen molar-refractivity contribution in [2.45, 2.75) is 38.5 Å². The van der Waals surface area contributed by atoms with Crippen molar-refractivity contribution < 1.29 is 18.7 Å². The van der Waals surface area contributed by atoms with Crippen molar-refractivity contribution in [1.29, 1.82) is 0 Å². The molecule has 2 aromatic carbocycles. The predicted octanol–water partition coefficient (Wildman–Crippen LogP) is 3.35. The quantitative estimate of drug-likeness (QED) is 0.692. The minimum absolute atomic E-state index is 0.268. The lowest BCUT2D eigenvalue weighted by Gasteiger charge is -2.30. The molecule has 6 heteroatoms. The van der Waals surface area contributed by atoms with Gasteiger partial charge in [0.1, 0.15) is 17.9 Å². The highest BCUT2D eigenvalue weighted by Gasteiger charge is 2.29. The van der Waals surface area contributed by atoms with Crippen molar-refractivity contribution in [2.24, 2.45) is 0 Å². The van der Waals surface area contributed by atoms with Crippen LogP contribution in [-0.2, 0) is 24.2 Å². The van der Waals surface area contributed by atoms with Crippen molar-refractivity contribution in [3.8, 4) is 0 Å². The van der Waals surface area contributed by atoms with Crippen LogP contribution in [0.5, 0.6) is 0 Å². The second kappa shape index (κ2) is 9.78. The van der Waals surface area contributed by atoms with Gasteiger partial charge in [0.05, 0.1) is 18.7 Å². The molecular formula is C22H26F2N2O2. The van der Waals surface area contributed by atoms with Crippen LogP contribution < -0.4 is 5.32 Å². The molecule has 0 amide bonds. The molecule has 0 bridgehead atoms. The second-order valence-electron chi connectivity index (χ2n) is 7.00. The Hall–Kier alpha value is -2.28. The molecular weight excluding hydrogens is 362 g/mol. The molecule has 0 radical (unpaired) electrons. The summed E-state index contributed by atoms with van der Waals surface area (Å²) in [5.41, 5.74) is 2.89. The monoisotopic (exact) mass is 388 g/mol. The SMILES string of the molecule is CCc1cccc(CNC[C@@H](O)[C@H](Cc2cc(F)cc(F)c2)N2CC=CO2)c1. The van der Waals surface area contributed by atoms with Crippen LogP contribution in [0.3, 0.4) is 0 Å². The fraction of sp³-hybridized carbons (Fsp3) is 0.364. The Bertz CT molecular complexity index is 785. The maximum atomic E-state index is 13.5. The molecule has 4 nitrogen and oxygen atoms in total. The molecule has 0 spiro atoms. The third kappa shape index (κ3) is 5.61. The van der Waals surface area contributed by atoms with E-state index < -0.39 is 23.8 Å². The number of aryl methyl sites for hydroxylation is 1. The summed E-state index contributed by atoms with van der Waals surface area (Å²) in [6.45, 7) is 3.59. The predicted molar refractivity (Wildman–Crippen MR) is 104 cm³/mol. The molecule has 2 N–H and O–H groups in total. The van der Waals surface area contributed by atoms with Crippen LogP contribution in [0.25, 0.3) is 0 Å². The van der Waals surface area contributed by atoms with E-state index in [1.165, 1.54) is 17.7 Å². The van der Waals surface area contributed by atoms with Gasteiger partial charge in [-0.2, -0.15) is 0 Å². The summed E-state index contributed by atoms with van der Waals surface area (Å²) < 4.78 is 27.1. The van der Waals surface area contributed by atoms with Crippen LogP contribution in [0.15, 0.2) is 54.8 Å². The fourth-order valence-corrected chi connectivity index (χ4v) is 3.38. The van der Waals surface area contributed by atoms with Crippen LogP contribution >= 0.6 is 0 Å². The van der Waals surface area contributed by atoms with E-state index in [1.54, 1.807) is 11.3 Å². The van der Waals surface area contributed by atoms with Crippen LogP contribution in [0, 0.1) is 11.6 Å². The maximum Gasteiger partial charge on any atom is 0.126 e. The minimum Gasteiger partial charge on any atom is -0.413 e. The van der Waals surface area contributed by atoms with Gasteiger partial charge in [-0.3, -0.25) is 0 Å². The summed E-state index contributed by atoms with van der Waals surface area (Å²) in [6.07, 6.45) is 3.85. The Labute approximate surface area is 164 Å². The first-order valence-electron chi connectivity index (χ1n) is 9.55. The van der Waals surface area contributed by atoms with Crippen molar-refractivity contribution in [2.75, 3.05) is 13.1 Å². The lowest BCUT2D eigenvalue weighted by molar-refractivity contribution is -0.140. The van der Waals surface area contributed by atoms with E-state index in [-0.39, 0.29) is 6.42 Å². The van der Waals surface area contributed by atoms with E-state index >= 15 is 0 Å². The average Bonchev–Trinajstić information content (AvgIpc) is 3.20. The van der Waals surface area contributed by atoms with Crippen LogP contribution in [0.4, 0.5) is 8.78 Å². The molecule has 0 unspecified atom stereocenters. The molecule has 150 valence electrons. The molecule has 28 heavy (non-hydrogen) atoms. The summed E-state index contributed by atoms with van der Waals surface area (Å²) in [6, 6.07) is 11.3. The number of nitrogens with zero attached hydrogens (tertiary/aromatic N) is 1. The van der Waals surface area contributed by atoms with E-state index in [2.05, 4.69) is 24.4 Å². The first-order valence-corrected chi connectivity index (χ1v) is 9.55. The zero-order valence-corrected chi connectivity index (χ0v) is 15.9. The average molecular weight is 388 g/mol. The first-order chi connectivity index (χ1) is 13.5. The van der Waals surface area contributed by atoms with Gasteiger partial charge in [0, 0.05) is 19.2 Å². The fourth-order valence-electron chi connectivity index (χ4n) is 3.38. The first kappa shape index (κ1) is 20.5. The maximum absolute atomic E-state index is 13.5. The Balaban J connectivity index is 1.62. The Morgan fingerprint density at radius 1 is 1.11 bits per heavy atom. The minimum atomic E-state index is -0.777. The van der Waals surface area contributed by atoms with Gasteiger partial charge in [0.2, 0.25) is 0 Å². The number of aliphatic hydroxyl groups excluding tert-OH is 1. The number of hydrogen-bond donors (Lipinski definition) is 2. The Kier molecular flexibility index (Phi) is 7.14. The van der Waals surface area contributed by atoms with Gasteiger partial charge in [0.25, 0.3) is 0 Å². The highest BCUT2D eigenvalue weighted by Crippen LogP contribution is 2.18. The third-order valence-electron chi connectivity index (χ3n) is 4.84. The van der Waals surface area contributed by atoms with Gasteiger partial charge in [-0.1, -0.05) is 31.2 Å². The van der Waals surface area contributed by atoms with E-state index in [0.717, 1.165) is 18.1 Å². The van der Waals surface area contributed by atoms with Crippen LogP contribution in [0.1, 0.15) is 23.6 Å². The summed E-state index contributed by atoms with van der Waals surface area (Å²) in [4.78, 5) is 5.44. The highest BCUT2D eigenvalue weighted by atomic mass is 19.1. The van der Waals surface area contributed by atoms with E-state index in [0.29, 0.717) is 25.2 Å². The van der Waals surface area contributed by atoms with Crippen molar-refractivity contribution in [3.63, 3.8) is 0 Å². The lowest BCUT2D eigenvalue weighted by atomic mass is 10.00. The van der Waals surface area contributed by atoms with Gasteiger partial charge in [0.15, 0.2) is 0 Å². The van der Waals surface area contributed by atoms with E-state index in [9.17, 15) is 13.9 Å². The van der Waals surface area contributed by atoms with Gasteiger partial charge in [-0.15, -0.1) is 5.06 Å². The van der Waals surface area contributed by atoms with Gasteiger partial charge in [-0.05, 0) is 47.7 Å². The van der Waals surface area contributed by atoms with Crippen molar-refractivity contribution >= 4 is 0 Å². The highest BCUT2D eigenvalue weighted by molar-refractivity contribution is 5.23. The molecule has 0 saturated carbocycles. The van der Waals surface area contributed by atoms with Gasteiger partial charge < -0.3 is 15.3 Å². The van der Waals surface area contributed by atoms with Crippen molar-refractivity contribution in [3.05, 3.63) is 83.1 Å². The number of benzene rings is 2. The molecule has 0 aliphatic carbocycles. The third-order valence-corrected chi connectivity index (χ3v) is 4.84. The Morgan fingerprint density at radius 2 is 1.86 bits per heavy atom. The normalized spacial score (nSPS) is 16.1. The number of rotatable bonds is 9. The number of hydroxylamine groups is 2. The number of aliphatic hydroxyl groups is 1. The molecule has 1 aliphatic heterocycles. The molecule has 2 atom stereocenters. The summed E-state index contributed by atoms with van der Waals surface area (Å²) in [5, 5.41) is 15.6. The second-order valence-corrected chi connectivity index (χ2v) is 7.00. The standard InChI is InChI=1S/C22H26F2N2O2/c1-2-16-5-3-6-17(9-16)14-25-15-22(27)21(26-7-4-8-28-26)12-18-10-19(23)13-20(24)11-18/h3-6,8-11,13,21-22,25,27H,2,7,12,14-15H2,1H3/t21-,22+/m0/s1. The van der Waals surface area contributed by atoms with E-state index in [1.807, 2.05) is 18.2 Å². The molecule has 1 heterocycles. The molecule has 0 fully saturated rings. The van der Waals surface area contributed by atoms with Crippen LogP contribution in [0.2, 0.25) is 0 Å². The van der Waals surface area contributed by atoms with E-state index in [4.69, 9.17) is 4.84 Å². The smallest absolute Gasteiger partial charge is 0.126 e. The molecule has 1 aliphatic rings. The largest absolute Gasteiger partial charge is 0.413 e. The Morgan fingerprint density at radius 3 is 2.54 bits per heavy atom. The number of nitrogens with one attached hydrogen (secondary N) is 1. The molecule has 0 saturated heterocycles. The zero-order chi connectivity index (χ0) is 19.9. The van der Waals surface area contributed by atoms with Crippen molar-refractivity contribution in [1.82, 2.24) is 10.4 Å².